The van der Waals surface area contributed by atoms with Gasteiger partial charge in [-0.05, 0) is 82.9 Å². The number of nitrogens with zero attached hydrogens (tertiary/aromatic N) is 4. The van der Waals surface area contributed by atoms with Crippen molar-refractivity contribution in [2.75, 3.05) is 5.32 Å². The van der Waals surface area contributed by atoms with Gasteiger partial charge in [-0.1, -0.05) is 0 Å². The van der Waals surface area contributed by atoms with Gasteiger partial charge in [0.15, 0.2) is 5.65 Å². The Hall–Kier alpha value is -2.41. The van der Waals surface area contributed by atoms with Crippen LogP contribution in [0.25, 0.3) is 17.0 Å². The van der Waals surface area contributed by atoms with Gasteiger partial charge in [0, 0.05) is 11.2 Å². The summed E-state index contributed by atoms with van der Waals surface area (Å²) >= 11 is 0. The quantitative estimate of drug-likeness (QED) is 0.642. The maximum atomic E-state index is 10.7. The highest BCUT2D eigenvalue weighted by atomic mass is 16.3. The van der Waals surface area contributed by atoms with Crippen LogP contribution >= 0.6 is 0 Å². The first-order valence-electron chi connectivity index (χ1n) is 10.2. The molecule has 7 heteroatoms. The Labute approximate surface area is 164 Å². The van der Waals surface area contributed by atoms with Crippen LogP contribution in [0.4, 0.5) is 5.82 Å². The fourth-order valence-electron chi connectivity index (χ4n) is 5.23. The van der Waals surface area contributed by atoms with E-state index in [0.29, 0.717) is 0 Å². The van der Waals surface area contributed by atoms with Crippen LogP contribution in [0.5, 0.6) is 0 Å². The van der Waals surface area contributed by atoms with E-state index in [-0.39, 0.29) is 11.0 Å². The van der Waals surface area contributed by atoms with Crippen LogP contribution in [0.15, 0.2) is 24.4 Å². The molecule has 28 heavy (non-hydrogen) atoms. The van der Waals surface area contributed by atoms with Crippen LogP contribution in [0.2, 0.25) is 0 Å². The van der Waals surface area contributed by atoms with Gasteiger partial charge in [0.2, 0.25) is 0 Å². The average Bonchev–Trinajstić information content (AvgIpc) is 3.27. The van der Waals surface area contributed by atoms with Gasteiger partial charge in [-0.25, -0.2) is 9.50 Å². The Bertz CT molecular complexity index is 1000. The maximum Gasteiger partial charge on any atom is 0.154 e. The first kappa shape index (κ1) is 17.7. The van der Waals surface area contributed by atoms with Gasteiger partial charge in [0.25, 0.3) is 0 Å². The molecule has 3 fully saturated rings. The number of imidazole rings is 1. The molecule has 0 spiro atoms. The second-order valence-corrected chi connectivity index (χ2v) is 9.31. The standard InChI is InChI=1S/C21H28N6O/c1-14-12-15(25-24-14)16-13-22-18-5-4-17(26-27(16)18)23-21-9-6-20(7-10-21,8-11-21)19(2,3)28/h4-5,12-13,28H,6-11H2,1-3H3,(H,23,26)(H,24,25). The molecule has 3 N–H and O–H groups in total. The van der Waals surface area contributed by atoms with Gasteiger partial charge < -0.3 is 10.4 Å². The highest BCUT2D eigenvalue weighted by Crippen LogP contribution is 2.57. The summed E-state index contributed by atoms with van der Waals surface area (Å²) in [5, 5.41) is 26.6. The number of aliphatic hydroxyl groups is 1. The molecule has 3 aromatic rings. The van der Waals surface area contributed by atoms with Crippen LogP contribution in [-0.2, 0) is 0 Å². The second kappa shape index (κ2) is 5.80. The highest BCUT2D eigenvalue weighted by Gasteiger charge is 2.54. The summed E-state index contributed by atoms with van der Waals surface area (Å²) in [6.45, 7) is 5.94. The normalized spacial score (nSPS) is 27.4. The lowest BCUT2D eigenvalue weighted by Crippen LogP contribution is -2.57. The number of H-pyrrole nitrogens is 1. The van der Waals surface area contributed by atoms with E-state index in [1.54, 1.807) is 0 Å². The van der Waals surface area contributed by atoms with E-state index >= 15 is 0 Å². The summed E-state index contributed by atoms with van der Waals surface area (Å²) < 4.78 is 1.86. The summed E-state index contributed by atoms with van der Waals surface area (Å²) in [6, 6.07) is 6.02. The van der Waals surface area contributed by atoms with Gasteiger partial charge in [-0.2, -0.15) is 5.10 Å². The van der Waals surface area contributed by atoms with Crippen molar-refractivity contribution >= 4 is 11.5 Å². The first-order chi connectivity index (χ1) is 13.3. The molecular weight excluding hydrogens is 352 g/mol. The minimum Gasteiger partial charge on any atom is -0.390 e. The lowest BCUT2D eigenvalue weighted by molar-refractivity contribution is -0.115. The van der Waals surface area contributed by atoms with Crippen molar-refractivity contribution in [1.82, 2.24) is 24.8 Å². The summed E-state index contributed by atoms with van der Waals surface area (Å²) in [7, 11) is 0. The highest BCUT2D eigenvalue weighted by molar-refractivity contribution is 5.60. The fourth-order valence-corrected chi connectivity index (χ4v) is 5.23. The minimum atomic E-state index is -0.607. The van der Waals surface area contributed by atoms with Crippen molar-refractivity contribution in [3.63, 3.8) is 0 Å². The zero-order chi connectivity index (χ0) is 19.6. The monoisotopic (exact) mass is 380 g/mol. The zero-order valence-corrected chi connectivity index (χ0v) is 16.8. The first-order valence-corrected chi connectivity index (χ1v) is 10.2. The SMILES string of the molecule is Cc1cc(-c2cnc3ccc(NC45CCC(C(C)(C)O)(CC4)CC5)nn23)n[nH]1. The van der Waals surface area contributed by atoms with E-state index in [1.165, 1.54) is 0 Å². The van der Waals surface area contributed by atoms with E-state index in [4.69, 9.17) is 5.10 Å². The number of aromatic amines is 1. The van der Waals surface area contributed by atoms with E-state index < -0.39 is 5.60 Å². The fraction of sp³-hybridized carbons (Fsp3) is 0.571. The predicted molar refractivity (Wildman–Crippen MR) is 108 cm³/mol. The van der Waals surface area contributed by atoms with Gasteiger partial charge >= 0.3 is 0 Å². The zero-order valence-electron chi connectivity index (χ0n) is 16.8. The smallest absolute Gasteiger partial charge is 0.154 e. The molecule has 0 aliphatic heterocycles. The molecule has 3 aliphatic carbocycles. The number of aromatic nitrogens is 5. The Kier molecular flexibility index (Phi) is 3.66. The Morgan fingerprint density at radius 1 is 1.14 bits per heavy atom. The van der Waals surface area contributed by atoms with Crippen LogP contribution in [0.3, 0.4) is 0 Å². The molecular formula is C21H28N6O. The van der Waals surface area contributed by atoms with Crippen molar-refractivity contribution in [2.45, 2.75) is 70.4 Å². The van der Waals surface area contributed by atoms with Gasteiger partial charge in [-0.15, -0.1) is 5.10 Å². The van der Waals surface area contributed by atoms with Gasteiger partial charge in [-0.3, -0.25) is 5.10 Å². The summed E-state index contributed by atoms with van der Waals surface area (Å²) in [4.78, 5) is 4.46. The molecule has 3 heterocycles. The lowest BCUT2D eigenvalue weighted by Gasteiger charge is -2.58. The third-order valence-corrected chi connectivity index (χ3v) is 7.27. The van der Waals surface area contributed by atoms with Crippen LogP contribution in [0, 0.1) is 12.3 Å². The molecule has 3 saturated carbocycles. The molecule has 0 amide bonds. The molecule has 3 aliphatic rings. The molecule has 2 bridgehead atoms. The van der Waals surface area contributed by atoms with E-state index in [0.717, 1.165) is 67.1 Å². The van der Waals surface area contributed by atoms with Crippen LogP contribution in [-0.4, -0.2) is 41.0 Å². The van der Waals surface area contributed by atoms with Crippen molar-refractivity contribution in [3.05, 3.63) is 30.1 Å². The number of rotatable bonds is 4. The molecule has 0 atom stereocenters. The number of fused-ring (bicyclic) bond motifs is 4. The topological polar surface area (TPSA) is 91.1 Å². The summed E-state index contributed by atoms with van der Waals surface area (Å²) in [5.74, 6) is 0.872. The second-order valence-electron chi connectivity index (χ2n) is 9.31. The molecule has 0 unspecified atom stereocenters. The molecule has 148 valence electrons. The number of anilines is 1. The number of aryl methyl sites for hydroxylation is 1. The third kappa shape index (κ3) is 2.64. The third-order valence-electron chi connectivity index (χ3n) is 7.27. The van der Waals surface area contributed by atoms with Crippen molar-refractivity contribution in [1.29, 1.82) is 0 Å². The van der Waals surface area contributed by atoms with Crippen LogP contribution in [0.1, 0.15) is 58.1 Å². The largest absolute Gasteiger partial charge is 0.390 e. The number of hydrogen-bond acceptors (Lipinski definition) is 5. The Morgan fingerprint density at radius 3 is 2.46 bits per heavy atom. The van der Waals surface area contributed by atoms with Crippen molar-refractivity contribution < 1.29 is 5.11 Å². The maximum absolute atomic E-state index is 10.7. The van der Waals surface area contributed by atoms with Gasteiger partial charge in [0.05, 0.1) is 11.8 Å². The average molecular weight is 380 g/mol. The molecule has 0 radical (unpaired) electrons. The Morgan fingerprint density at radius 2 is 1.86 bits per heavy atom. The van der Waals surface area contributed by atoms with E-state index in [1.807, 2.05) is 49.7 Å². The summed E-state index contributed by atoms with van der Waals surface area (Å²) in [5.41, 5.74) is 3.10. The molecule has 6 rings (SSSR count). The molecule has 7 nitrogen and oxygen atoms in total. The van der Waals surface area contributed by atoms with E-state index in [2.05, 4.69) is 20.5 Å². The predicted octanol–water partition coefficient (Wildman–Crippen LogP) is 3.70. The number of hydrogen-bond donors (Lipinski definition) is 3. The minimum absolute atomic E-state index is 0.0726. The van der Waals surface area contributed by atoms with E-state index in [9.17, 15) is 5.11 Å². The lowest BCUT2D eigenvalue weighted by atomic mass is 9.52. The van der Waals surface area contributed by atoms with Crippen molar-refractivity contribution in [3.8, 4) is 11.4 Å². The van der Waals surface area contributed by atoms with Crippen LogP contribution < -0.4 is 5.32 Å². The molecule has 0 saturated heterocycles. The van der Waals surface area contributed by atoms with Gasteiger partial charge in [0.1, 0.15) is 17.2 Å². The number of nitrogens with one attached hydrogen (secondary N) is 2. The molecule has 0 aromatic carbocycles. The Balaban J connectivity index is 1.42. The molecule has 3 aromatic heterocycles. The van der Waals surface area contributed by atoms with Crippen molar-refractivity contribution in [2.24, 2.45) is 5.41 Å². The summed E-state index contributed by atoms with van der Waals surface area (Å²) in [6.07, 6.45) is 8.24.